The first kappa shape index (κ1) is 17.4. The maximum Gasteiger partial charge on any atom is 0.343 e. The molecule has 0 unspecified atom stereocenters. The first-order chi connectivity index (χ1) is 12.6. The van der Waals surface area contributed by atoms with E-state index in [1.165, 1.54) is 5.56 Å². The average Bonchev–Trinajstić information content (AvgIpc) is 2.68. The molecular weight excluding hydrogens is 326 g/mol. The number of aliphatic imine (C=N–C) groups is 1. The van der Waals surface area contributed by atoms with E-state index >= 15 is 0 Å². The monoisotopic (exact) mass is 345 g/mol. The molecule has 0 aliphatic carbocycles. The van der Waals surface area contributed by atoms with Gasteiger partial charge in [-0.3, -0.25) is 4.99 Å². The molecule has 0 heterocycles. The number of benzene rings is 3. The highest BCUT2D eigenvalue weighted by Crippen LogP contribution is 2.17. The Morgan fingerprint density at radius 3 is 2.08 bits per heavy atom. The van der Waals surface area contributed by atoms with Crippen LogP contribution in [-0.2, 0) is 0 Å². The summed E-state index contributed by atoms with van der Waals surface area (Å²) in [5, 5.41) is 0. The number of rotatable bonds is 5. The number of ether oxygens (including phenoxy) is 2. The van der Waals surface area contributed by atoms with Gasteiger partial charge in [0, 0.05) is 6.21 Å². The van der Waals surface area contributed by atoms with E-state index < -0.39 is 5.97 Å². The molecule has 0 saturated carbocycles. The minimum atomic E-state index is -0.409. The summed E-state index contributed by atoms with van der Waals surface area (Å²) in [5.74, 6) is 0.769. The lowest BCUT2D eigenvalue weighted by Crippen LogP contribution is -2.08. The molecule has 4 heteroatoms. The Kier molecular flexibility index (Phi) is 5.44. The Balaban J connectivity index is 1.63. The predicted molar refractivity (Wildman–Crippen MR) is 103 cm³/mol. The SMILES string of the molecule is COc1ccc(C(=O)Oc2ccc(C=Nc3ccc(C)cc3)cc2)cc1. The molecule has 4 nitrogen and oxygen atoms in total. The molecule has 0 fully saturated rings. The summed E-state index contributed by atoms with van der Waals surface area (Å²) in [6.07, 6.45) is 1.78. The molecule has 0 atom stereocenters. The standard InChI is InChI=1S/C22H19NO3/c1-16-3-9-19(10-4-16)23-15-17-5-11-21(12-6-17)26-22(24)18-7-13-20(25-2)14-8-18/h3-15H,1-2H3. The van der Waals surface area contributed by atoms with Gasteiger partial charge in [0.2, 0.25) is 0 Å². The van der Waals surface area contributed by atoms with Crippen molar-refractivity contribution < 1.29 is 14.3 Å². The van der Waals surface area contributed by atoms with Gasteiger partial charge in [0.1, 0.15) is 11.5 Å². The maximum atomic E-state index is 12.1. The fraction of sp³-hybridized carbons (Fsp3) is 0.0909. The Labute approximate surface area is 152 Å². The van der Waals surface area contributed by atoms with Crippen LogP contribution >= 0.6 is 0 Å². The van der Waals surface area contributed by atoms with Gasteiger partial charge in [-0.05, 0) is 73.2 Å². The van der Waals surface area contributed by atoms with Gasteiger partial charge in [-0.15, -0.1) is 0 Å². The number of esters is 1. The van der Waals surface area contributed by atoms with Crippen molar-refractivity contribution in [3.05, 3.63) is 89.5 Å². The molecule has 0 aliphatic rings. The number of methoxy groups -OCH3 is 1. The van der Waals surface area contributed by atoms with Crippen molar-refractivity contribution in [1.29, 1.82) is 0 Å². The van der Waals surface area contributed by atoms with Crippen LogP contribution in [0.4, 0.5) is 5.69 Å². The van der Waals surface area contributed by atoms with Crippen molar-refractivity contribution in [2.45, 2.75) is 6.92 Å². The summed E-state index contributed by atoms with van der Waals surface area (Å²) in [6.45, 7) is 2.04. The Hall–Kier alpha value is -3.40. The summed E-state index contributed by atoms with van der Waals surface area (Å²) in [6, 6.07) is 22.0. The zero-order valence-corrected chi connectivity index (χ0v) is 14.7. The van der Waals surface area contributed by atoms with Gasteiger partial charge >= 0.3 is 5.97 Å². The number of carbonyl (C=O) groups is 1. The Morgan fingerprint density at radius 1 is 0.846 bits per heavy atom. The van der Waals surface area contributed by atoms with E-state index in [0.29, 0.717) is 17.1 Å². The molecule has 3 aromatic rings. The van der Waals surface area contributed by atoms with Crippen LogP contribution in [0, 0.1) is 6.92 Å². The van der Waals surface area contributed by atoms with Crippen molar-refractivity contribution in [2.75, 3.05) is 7.11 Å². The first-order valence-corrected chi connectivity index (χ1v) is 8.21. The molecular formula is C22H19NO3. The van der Waals surface area contributed by atoms with E-state index in [-0.39, 0.29) is 0 Å². The second-order valence-corrected chi connectivity index (χ2v) is 5.78. The minimum absolute atomic E-state index is 0.409. The van der Waals surface area contributed by atoms with E-state index in [4.69, 9.17) is 9.47 Å². The van der Waals surface area contributed by atoms with Gasteiger partial charge < -0.3 is 9.47 Å². The van der Waals surface area contributed by atoms with E-state index in [9.17, 15) is 4.79 Å². The number of carbonyl (C=O) groups excluding carboxylic acids is 1. The maximum absolute atomic E-state index is 12.1. The van der Waals surface area contributed by atoms with Gasteiger partial charge in [-0.2, -0.15) is 0 Å². The Morgan fingerprint density at radius 2 is 1.46 bits per heavy atom. The highest BCUT2D eigenvalue weighted by atomic mass is 16.5. The third kappa shape index (κ3) is 4.57. The van der Waals surface area contributed by atoms with Gasteiger partial charge in [-0.25, -0.2) is 4.79 Å². The minimum Gasteiger partial charge on any atom is -0.497 e. The molecule has 3 rings (SSSR count). The molecule has 0 radical (unpaired) electrons. The molecule has 3 aromatic carbocycles. The molecule has 0 amide bonds. The van der Waals surface area contributed by atoms with E-state index in [1.807, 2.05) is 43.3 Å². The molecule has 0 spiro atoms. The van der Waals surface area contributed by atoms with E-state index in [0.717, 1.165) is 11.3 Å². The van der Waals surface area contributed by atoms with Crippen LogP contribution in [-0.4, -0.2) is 19.3 Å². The number of aryl methyl sites for hydroxylation is 1. The molecule has 130 valence electrons. The third-order valence-corrected chi connectivity index (χ3v) is 3.81. The molecule has 0 aromatic heterocycles. The lowest BCUT2D eigenvalue weighted by molar-refractivity contribution is 0.0734. The van der Waals surface area contributed by atoms with Gasteiger partial charge in [0.05, 0.1) is 18.4 Å². The fourth-order valence-electron chi connectivity index (χ4n) is 2.29. The van der Waals surface area contributed by atoms with Crippen molar-refractivity contribution in [3.8, 4) is 11.5 Å². The predicted octanol–water partition coefficient (Wildman–Crippen LogP) is 4.97. The Bertz CT molecular complexity index is 896. The van der Waals surface area contributed by atoms with Crippen molar-refractivity contribution >= 4 is 17.9 Å². The normalized spacial score (nSPS) is 10.7. The van der Waals surface area contributed by atoms with Crippen LogP contribution in [0.25, 0.3) is 0 Å². The van der Waals surface area contributed by atoms with Crippen LogP contribution in [0.2, 0.25) is 0 Å². The van der Waals surface area contributed by atoms with Crippen molar-refractivity contribution in [1.82, 2.24) is 0 Å². The van der Waals surface area contributed by atoms with Crippen LogP contribution < -0.4 is 9.47 Å². The third-order valence-electron chi connectivity index (χ3n) is 3.81. The molecule has 0 aliphatic heterocycles. The zero-order valence-electron chi connectivity index (χ0n) is 14.7. The van der Waals surface area contributed by atoms with Gasteiger partial charge in [-0.1, -0.05) is 17.7 Å². The lowest BCUT2D eigenvalue weighted by atomic mass is 10.2. The molecule has 0 saturated heterocycles. The van der Waals surface area contributed by atoms with Crippen LogP contribution in [0.5, 0.6) is 11.5 Å². The topological polar surface area (TPSA) is 47.9 Å². The highest BCUT2D eigenvalue weighted by Gasteiger charge is 2.08. The van der Waals surface area contributed by atoms with Crippen LogP contribution in [0.15, 0.2) is 77.8 Å². The average molecular weight is 345 g/mol. The van der Waals surface area contributed by atoms with E-state index in [1.54, 1.807) is 49.7 Å². The van der Waals surface area contributed by atoms with E-state index in [2.05, 4.69) is 4.99 Å². The van der Waals surface area contributed by atoms with Gasteiger partial charge in [0.15, 0.2) is 0 Å². The quantitative estimate of drug-likeness (QED) is 0.372. The smallest absolute Gasteiger partial charge is 0.343 e. The second kappa shape index (κ2) is 8.12. The highest BCUT2D eigenvalue weighted by molar-refractivity contribution is 5.91. The number of hydrogen-bond donors (Lipinski definition) is 0. The largest absolute Gasteiger partial charge is 0.497 e. The van der Waals surface area contributed by atoms with Crippen LogP contribution in [0.1, 0.15) is 21.5 Å². The summed E-state index contributed by atoms with van der Waals surface area (Å²) in [7, 11) is 1.58. The zero-order chi connectivity index (χ0) is 18.4. The molecule has 26 heavy (non-hydrogen) atoms. The first-order valence-electron chi connectivity index (χ1n) is 8.21. The molecule has 0 N–H and O–H groups in total. The summed E-state index contributed by atoms with van der Waals surface area (Å²) in [5.41, 5.74) is 3.49. The summed E-state index contributed by atoms with van der Waals surface area (Å²) >= 11 is 0. The second-order valence-electron chi connectivity index (χ2n) is 5.78. The van der Waals surface area contributed by atoms with Crippen molar-refractivity contribution in [2.24, 2.45) is 4.99 Å². The van der Waals surface area contributed by atoms with Crippen LogP contribution in [0.3, 0.4) is 0 Å². The molecule has 0 bridgehead atoms. The lowest BCUT2D eigenvalue weighted by Gasteiger charge is -2.05. The fourth-order valence-corrected chi connectivity index (χ4v) is 2.29. The number of hydrogen-bond acceptors (Lipinski definition) is 4. The van der Waals surface area contributed by atoms with Gasteiger partial charge in [0.25, 0.3) is 0 Å². The number of nitrogens with zero attached hydrogens (tertiary/aromatic N) is 1. The summed E-state index contributed by atoms with van der Waals surface area (Å²) in [4.78, 5) is 16.6. The van der Waals surface area contributed by atoms with Crippen molar-refractivity contribution in [3.63, 3.8) is 0 Å². The summed E-state index contributed by atoms with van der Waals surface area (Å²) < 4.78 is 10.5.